The number of rotatable bonds is 3. The summed E-state index contributed by atoms with van der Waals surface area (Å²) >= 11 is 6.21. The van der Waals surface area contributed by atoms with Crippen molar-refractivity contribution in [2.75, 3.05) is 0 Å². The van der Waals surface area contributed by atoms with Crippen LogP contribution in [-0.2, 0) is 15.9 Å². The molecule has 2 rings (SSSR count). The molecule has 0 saturated heterocycles. The molecule has 0 aliphatic heterocycles. The first-order valence-corrected chi connectivity index (χ1v) is 5.70. The summed E-state index contributed by atoms with van der Waals surface area (Å²) in [4.78, 5) is 0. The van der Waals surface area contributed by atoms with Gasteiger partial charge in [0.2, 0.25) is 0 Å². The van der Waals surface area contributed by atoms with Crippen LogP contribution in [0, 0.1) is 0 Å². The molecule has 2 nitrogen and oxygen atoms in total. The van der Waals surface area contributed by atoms with Crippen LogP contribution in [0.4, 0.5) is 0 Å². The normalized spacial score (nSPS) is 9.93. The Morgan fingerprint density at radius 2 is 2.13 bits per heavy atom. The van der Waals surface area contributed by atoms with E-state index < -0.39 is 0 Å². The molecular weight excluding hydrogens is 296 g/mol. The Bertz CT molecular complexity index is 465. The van der Waals surface area contributed by atoms with Crippen molar-refractivity contribution in [3.05, 3.63) is 52.9 Å². The van der Waals surface area contributed by atoms with Crippen molar-refractivity contribution in [1.29, 1.82) is 0 Å². The zero-order valence-electron chi connectivity index (χ0n) is 7.64. The third-order valence-electron chi connectivity index (χ3n) is 1.73. The number of halogens is 1. The summed E-state index contributed by atoms with van der Waals surface area (Å²) in [6.07, 6.45) is 1.61. The third-order valence-corrected chi connectivity index (χ3v) is 2.67. The van der Waals surface area contributed by atoms with Gasteiger partial charge in [0.25, 0.3) is 0 Å². The summed E-state index contributed by atoms with van der Waals surface area (Å²) in [6, 6.07) is 11.3. The molecule has 0 aliphatic rings. The predicted molar refractivity (Wildman–Crippen MR) is 57.6 cm³/mol. The number of furan rings is 1. The van der Waals surface area contributed by atoms with Crippen LogP contribution in [0.3, 0.4) is 0 Å². The van der Waals surface area contributed by atoms with E-state index in [0.29, 0.717) is 10.3 Å². The van der Waals surface area contributed by atoms with Crippen LogP contribution in [0.1, 0.15) is 5.76 Å². The molecule has 0 saturated carbocycles. The second-order valence-electron chi connectivity index (χ2n) is 2.82. The summed E-state index contributed by atoms with van der Waals surface area (Å²) in [6.45, 7) is 0. The van der Waals surface area contributed by atoms with Crippen molar-refractivity contribution < 1.29 is 25.0 Å². The quantitative estimate of drug-likeness (QED) is 0.869. The van der Waals surface area contributed by atoms with Gasteiger partial charge in [0.1, 0.15) is 0 Å². The Labute approximate surface area is 104 Å². The van der Waals surface area contributed by atoms with Gasteiger partial charge in [-0.2, -0.15) is 0 Å². The Hall–Kier alpha value is -0.818. The molecular formula is C11H7BrCrO2. The summed E-state index contributed by atoms with van der Waals surface area (Å²) in [5.41, 5.74) is 0. The first-order valence-electron chi connectivity index (χ1n) is 4.27. The molecule has 4 heteroatoms. The first-order chi connectivity index (χ1) is 7.25. The van der Waals surface area contributed by atoms with Crippen molar-refractivity contribution in [2.45, 2.75) is 0 Å². The molecule has 1 aromatic heterocycles. The summed E-state index contributed by atoms with van der Waals surface area (Å²) in [5, 5.41) is 0. The van der Waals surface area contributed by atoms with Crippen LogP contribution in [0.25, 0.3) is 0 Å². The van der Waals surface area contributed by atoms with Gasteiger partial charge in [-0.1, -0.05) is 0 Å². The second-order valence-corrected chi connectivity index (χ2v) is 4.32. The third kappa shape index (κ3) is 2.82. The summed E-state index contributed by atoms with van der Waals surface area (Å²) < 4.78 is 12.4. The maximum absolute atomic E-state index is 5.58. The Balaban J connectivity index is 2.13. The van der Waals surface area contributed by atoms with Gasteiger partial charge in [-0.05, 0) is 0 Å². The average molecular weight is 303 g/mol. The monoisotopic (exact) mass is 302 g/mol. The van der Waals surface area contributed by atoms with E-state index in [1.165, 1.54) is 0 Å². The van der Waals surface area contributed by atoms with Crippen LogP contribution in [0.2, 0.25) is 0 Å². The molecule has 0 fully saturated rings. The summed E-state index contributed by atoms with van der Waals surface area (Å²) in [7, 11) is 0. The van der Waals surface area contributed by atoms with E-state index in [1.807, 2.05) is 36.4 Å². The molecule has 2 aromatic rings. The van der Waals surface area contributed by atoms with Crippen molar-refractivity contribution in [3.8, 4) is 5.75 Å². The van der Waals surface area contributed by atoms with Crippen molar-refractivity contribution in [3.63, 3.8) is 0 Å². The molecule has 0 atom stereocenters. The number of ether oxygens (including phenoxy) is 1. The minimum atomic E-state index is 0.623. The fraction of sp³-hybridized carbons (Fsp3) is 0. The van der Waals surface area contributed by atoms with Gasteiger partial charge in [0.15, 0.2) is 0 Å². The minimum absolute atomic E-state index is 0.623. The van der Waals surface area contributed by atoms with E-state index in [0.717, 1.165) is 10.2 Å². The molecule has 0 aliphatic carbocycles. The Kier molecular flexibility index (Phi) is 3.42. The Morgan fingerprint density at radius 1 is 1.27 bits per heavy atom. The number of hydrogen-bond donors (Lipinski definition) is 0. The van der Waals surface area contributed by atoms with Crippen LogP contribution < -0.4 is 4.74 Å². The van der Waals surface area contributed by atoms with E-state index in [4.69, 9.17) is 9.15 Å². The molecule has 1 aromatic carbocycles. The van der Waals surface area contributed by atoms with E-state index in [2.05, 4.69) is 31.8 Å². The Morgan fingerprint density at radius 3 is 2.80 bits per heavy atom. The van der Waals surface area contributed by atoms with E-state index in [9.17, 15) is 0 Å². The fourth-order valence-corrected chi connectivity index (χ4v) is 1.79. The molecule has 0 spiro atoms. The van der Waals surface area contributed by atoms with Crippen molar-refractivity contribution >= 4 is 20.5 Å². The predicted octanol–water partition coefficient (Wildman–Crippen LogP) is 3.15. The molecule has 15 heavy (non-hydrogen) atoms. The average Bonchev–Trinajstić information content (AvgIpc) is 2.70. The maximum atomic E-state index is 5.58. The molecule has 0 amide bonds. The zero-order valence-corrected chi connectivity index (χ0v) is 10.5. The standard InChI is InChI=1S/C11H7BrO2.Cr/c12-9-3-1-4-10(7-9)14-8-11-5-2-6-13-11;/h1-7H;. The van der Waals surface area contributed by atoms with Gasteiger partial charge < -0.3 is 0 Å². The second kappa shape index (κ2) is 4.80. The molecule has 76 valence electrons. The van der Waals surface area contributed by atoms with Gasteiger partial charge >= 0.3 is 104 Å². The van der Waals surface area contributed by atoms with Crippen LogP contribution in [0.15, 0.2) is 51.6 Å². The molecule has 0 bridgehead atoms. The van der Waals surface area contributed by atoms with E-state index in [1.54, 1.807) is 6.26 Å². The van der Waals surface area contributed by atoms with Gasteiger partial charge in [-0.3, -0.25) is 0 Å². The molecule has 0 unspecified atom stereocenters. The van der Waals surface area contributed by atoms with Gasteiger partial charge in [-0.15, -0.1) is 0 Å². The van der Waals surface area contributed by atoms with Gasteiger partial charge in [0, 0.05) is 0 Å². The van der Waals surface area contributed by atoms with Crippen LogP contribution in [-0.4, -0.2) is 4.57 Å². The zero-order chi connectivity index (χ0) is 10.7. The SMILES string of the molecule is [Cr]=[C](Oc1cccc(Br)c1)c1ccco1. The molecule has 0 N–H and O–H groups in total. The number of hydrogen-bond acceptors (Lipinski definition) is 2. The van der Waals surface area contributed by atoms with Gasteiger partial charge in [0.05, 0.1) is 0 Å². The topological polar surface area (TPSA) is 22.4 Å². The molecule has 1 heterocycles. The van der Waals surface area contributed by atoms with Crippen LogP contribution in [0.5, 0.6) is 5.75 Å². The number of benzene rings is 1. The van der Waals surface area contributed by atoms with Crippen LogP contribution >= 0.6 is 15.9 Å². The van der Waals surface area contributed by atoms with Crippen molar-refractivity contribution in [1.82, 2.24) is 0 Å². The van der Waals surface area contributed by atoms with Gasteiger partial charge in [-0.25, -0.2) is 0 Å². The fourth-order valence-electron chi connectivity index (χ4n) is 1.08. The first kappa shape index (κ1) is 10.7. The summed E-state index contributed by atoms with van der Waals surface area (Å²) in [5.74, 6) is 1.45. The van der Waals surface area contributed by atoms with Crippen molar-refractivity contribution in [2.24, 2.45) is 0 Å². The molecule has 0 radical (unpaired) electrons. The van der Waals surface area contributed by atoms with E-state index >= 15 is 0 Å². The van der Waals surface area contributed by atoms with E-state index in [-0.39, 0.29) is 0 Å².